The van der Waals surface area contributed by atoms with Crippen molar-refractivity contribution in [3.63, 3.8) is 0 Å². The maximum Gasteiger partial charge on any atom is 0.0713 e. The Kier molecular flexibility index (Phi) is 15.3. The molecule has 2 nitrogen and oxygen atoms in total. The minimum Gasteiger partial charge on any atom is -0.293 e. The van der Waals surface area contributed by atoms with Crippen LogP contribution in [-0.4, -0.2) is 19.0 Å². The van der Waals surface area contributed by atoms with E-state index in [0.29, 0.717) is 0 Å². The van der Waals surface area contributed by atoms with Gasteiger partial charge in [0.05, 0.1) is 5.69 Å². The number of nitrogens with zero attached hydrogens (tertiary/aromatic N) is 2. The van der Waals surface area contributed by atoms with Crippen molar-refractivity contribution in [2.24, 2.45) is 9.98 Å². The van der Waals surface area contributed by atoms with Crippen molar-refractivity contribution in [1.82, 2.24) is 0 Å². The molecule has 0 saturated heterocycles. The van der Waals surface area contributed by atoms with E-state index in [1.54, 1.807) is 6.21 Å². The van der Waals surface area contributed by atoms with Crippen LogP contribution in [0.5, 0.6) is 0 Å². The van der Waals surface area contributed by atoms with Crippen molar-refractivity contribution in [1.29, 1.82) is 0 Å². The predicted molar refractivity (Wildman–Crippen MR) is 90.5 cm³/mol. The zero-order valence-electron chi connectivity index (χ0n) is 13.7. The number of aliphatic imine (C=N–C) groups is 2. The van der Waals surface area contributed by atoms with Crippen molar-refractivity contribution >= 4 is 18.1 Å². The fourth-order valence-corrected chi connectivity index (χ4v) is 1.22. The summed E-state index contributed by atoms with van der Waals surface area (Å²) in [6.45, 7) is 15.1. The van der Waals surface area contributed by atoms with Gasteiger partial charge in [0.1, 0.15) is 0 Å². The lowest BCUT2D eigenvalue weighted by Crippen LogP contribution is -1.85. The summed E-state index contributed by atoms with van der Waals surface area (Å²) in [6.07, 6.45) is 4.93. The highest BCUT2D eigenvalue weighted by Crippen LogP contribution is 2.18. The summed E-state index contributed by atoms with van der Waals surface area (Å²) in [6, 6.07) is 6.18. The van der Waals surface area contributed by atoms with E-state index >= 15 is 0 Å². The van der Waals surface area contributed by atoms with E-state index in [4.69, 9.17) is 0 Å². The number of rotatable bonds is 3. The largest absolute Gasteiger partial charge is 0.293 e. The molecule has 0 aliphatic rings. The Balaban J connectivity index is 0. The second-order valence-electron chi connectivity index (χ2n) is 3.78. The van der Waals surface area contributed by atoms with Crippen LogP contribution in [-0.2, 0) is 0 Å². The fourth-order valence-electron chi connectivity index (χ4n) is 1.22. The Morgan fingerprint density at radius 1 is 1.11 bits per heavy atom. The average Bonchev–Trinajstić information content (AvgIpc) is 2.42. The number of aryl methyl sites for hydroxylation is 1. The fraction of sp³-hybridized carbons (Fsp3) is 0.529. The van der Waals surface area contributed by atoms with E-state index in [-0.39, 0.29) is 0 Å². The maximum atomic E-state index is 4.28. The van der Waals surface area contributed by atoms with Gasteiger partial charge in [-0.25, -0.2) is 0 Å². The van der Waals surface area contributed by atoms with E-state index in [0.717, 1.165) is 17.8 Å². The van der Waals surface area contributed by atoms with Gasteiger partial charge < -0.3 is 0 Å². The van der Waals surface area contributed by atoms with Crippen LogP contribution in [0, 0.1) is 6.92 Å². The lowest BCUT2D eigenvalue weighted by Gasteiger charge is -2.01. The Hall–Kier alpha value is -1.44. The lowest BCUT2D eigenvalue weighted by molar-refractivity contribution is 1.09. The smallest absolute Gasteiger partial charge is 0.0713 e. The summed E-state index contributed by atoms with van der Waals surface area (Å²) in [5.41, 5.74) is 3.30. The number of hydrogen-bond acceptors (Lipinski definition) is 2. The molecule has 0 bridgehead atoms. The Labute approximate surface area is 119 Å². The molecule has 0 spiro atoms. The second kappa shape index (κ2) is 14.6. The van der Waals surface area contributed by atoms with E-state index in [1.807, 2.05) is 40.0 Å². The zero-order valence-corrected chi connectivity index (χ0v) is 13.7. The van der Waals surface area contributed by atoms with E-state index in [1.165, 1.54) is 12.0 Å². The molecule has 19 heavy (non-hydrogen) atoms. The molecular weight excluding hydrogens is 232 g/mol. The van der Waals surface area contributed by atoms with E-state index in [9.17, 15) is 0 Å². The minimum absolute atomic E-state index is 0.809. The third-order valence-electron chi connectivity index (χ3n) is 1.86. The molecule has 0 fully saturated rings. The molecule has 1 rings (SSSR count). The van der Waals surface area contributed by atoms with Gasteiger partial charge in [0.25, 0.3) is 0 Å². The summed E-state index contributed by atoms with van der Waals surface area (Å²) >= 11 is 0. The second-order valence-corrected chi connectivity index (χ2v) is 3.78. The van der Waals surface area contributed by atoms with Gasteiger partial charge in [0.2, 0.25) is 0 Å². The van der Waals surface area contributed by atoms with Crippen LogP contribution >= 0.6 is 0 Å². The van der Waals surface area contributed by atoms with Crippen molar-refractivity contribution in [3.8, 4) is 0 Å². The van der Waals surface area contributed by atoms with Gasteiger partial charge in [-0.15, -0.1) is 0 Å². The summed E-state index contributed by atoms with van der Waals surface area (Å²) in [5, 5.41) is 0. The lowest BCUT2D eigenvalue weighted by atomic mass is 10.1. The SMILES string of the molecule is CC.CC=Nc1ccc(C)cc1C=NCC.CCC. The third-order valence-corrected chi connectivity index (χ3v) is 1.86. The van der Waals surface area contributed by atoms with Crippen LogP contribution in [0.1, 0.15) is 59.1 Å². The zero-order chi connectivity index (χ0) is 15.1. The first-order valence-corrected chi connectivity index (χ1v) is 7.28. The molecule has 0 amide bonds. The van der Waals surface area contributed by atoms with Gasteiger partial charge in [0.15, 0.2) is 0 Å². The molecule has 108 valence electrons. The van der Waals surface area contributed by atoms with Crippen molar-refractivity contribution in [2.75, 3.05) is 6.54 Å². The molecule has 0 aliphatic carbocycles. The van der Waals surface area contributed by atoms with Crippen LogP contribution in [0.2, 0.25) is 0 Å². The van der Waals surface area contributed by atoms with Crippen molar-refractivity contribution in [2.45, 2.75) is 54.9 Å². The highest BCUT2D eigenvalue weighted by Gasteiger charge is 1.97. The predicted octanol–water partition coefficient (Wildman–Crippen LogP) is 5.60. The van der Waals surface area contributed by atoms with Gasteiger partial charge in [-0.1, -0.05) is 45.7 Å². The molecule has 0 unspecified atom stereocenters. The van der Waals surface area contributed by atoms with Gasteiger partial charge in [0, 0.05) is 24.5 Å². The van der Waals surface area contributed by atoms with Crippen LogP contribution in [0.3, 0.4) is 0 Å². The van der Waals surface area contributed by atoms with Crippen molar-refractivity contribution in [3.05, 3.63) is 29.3 Å². The first-order valence-electron chi connectivity index (χ1n) is 7.28. The van der Waals surface area contributed by atoms with Crippen LogP contribution in [0.15, 0.2) is 28.2 Å². The Morgan fingerprint density at radius 3 is 2.16 bits per heavy atom. The molecular formula is C17H30N2. The molecule has 1 aromatic carbocycles. The Morgan fingerprint density at radius 2 is 1.68 bits per heavy atom. The molecule has 0 aromatic heterocycles. The monoisotopic (exact) mass is 262 g/mol. The van der Waals surface area contributed by atoms with E-state index < -0.39 is 0 Å². The van der Waals surface area contributed by atoms with Crippen LogP contribution in [0.25, 0.3) is 0 Å². The van der Waals surface area contributed by atoms with Gasteiger partial charge in [-0.3, -0.25) is 9.98 Å². The number of benzene rings is 1. The number of hydrogen-bond donors (Lipinski definition) is 0. The summed E-state index contributed by atoms with van der Waals surface area (Å²) in [5.74, 6) is 0. The summed E-state index contributed by atoms with van der Waals surface area (Å²) in [7, 11) is 0. The molecule has 1 aromatic rings. The van der Waals surface area contributed by atoms with Gasteiger partial charge >= 0.3 is 0 Å². The quantitative estimate of drug-likeness (QED) is 0.634. The van der Waals surface area contributed by atoms with E-state index in [2.05, 4.69) is 42.9 Å². The highest BCUT2D eigenvalue weighted by atomic mass is 14.7. The maximum absolute atomic E-state index is 4.28. The molecule has 0 radical (unpaired) electrons. The van der Waals surface area contributed by atoms with Gasteiger partial charge in [-0.2, -0.15) is 0 Å². The van der Waals surface area contributed by atoms with Crippen LogP contribution in [0.4, 0.5) is 5.69 Å². The molecule has 2 heteroatoms. The van der Waals surface area contributed by atoms with Crippen molar-refractivity contribution < 1.29 is 0 Å². The van der Waals surface area contributed by atoms with Gasteiger partial charge in [-0.05, 0) is 32.9 Å². The van der Waals surface area contributed by atoms with Crippen LogP contribution < -0.4 is 0 Å². The molecule has 0 N–H and O–H groups in total. The summed E-state index contributed by atoms with van der Waals surface area (Å²) in [4.78, 5) is 8.51. The molecule has 0 atom stereocenters. The molecule has 0 saturated carbocycles. The summed E-state index contributed by atoms with van der Waals surface area (Å²) < 4.78 is 0. The Bertz CT molecular complexity index is 366. The normalized spacial score (nSPS) is 9.84. The first kappa shape index (κ1) is 19.9. The third kappa shape index (κ3) is 10.2. The topological polar surface area (TPSA) is 24.7 Å². The molecule has 0 aliphatic heterocycles. The average molecular weight is 262 g/mol. The highest BCUT2D eigenvalue weighted by molar-refractivity contribution is 5.87. The standard InChI is InChI=1S/C12H16N2.C3H8.C2H6/c1-4-13-9-11-8-10(3)6-7-12(11)14-5-2;1-3-2;1-2/h5-9H,4H2,1-3H3;3H2,1-2H3;1-2H3. The first-order chi connectivity index (χ1) is 9.19. The molecule has 0 heterocycles. The minimum atomic E-state index is 0.809.